The molecule has 3 nitrogen and oxygen atoms in total. The van der Waals surface area contributed by atoms with Gasteiger partial charge in [-0.3, -0.25) is 4.68 Å². The maximum atomic E-state index is 4.82. The molecule has 1 aromatic heterocycles. The molecular weight excluding hydrogens is 258 g/mol. The van der Waals surface area contributed by atoms with Crippen LogP contribution < -0.4 is 5.32 Å². The zero-order chi connectivity index (χ0) is 15.3. The largest absolute Gasteiger partial charge is 0.313 e. The third-order valence-corrected chi connectivity index (χ3v) is 5.61. The Morgan fingerprint density at radius 2 is 2.00 bits per heavy atom. The minimum Gasteiger partial charge on any atom is -0.313 e. The zero-order valence-corrected chi connectivity index (χ0v) is 14.4. The Labute approximate surface area is 130 Å². The van der Waals surface area contributed by atoms with Crippen LogP contribution in [0.5, 0.6) is 0 Å². The van der Waals surface area contributed by atoms with Gasteiger partial charge in [0.25, 0.3) is 0 Å². The van der Waals surface area contributed by atoms with Crippen molar-refractivity contribution in [3.05, 3.63) is 18.0 Å². The smallest absolute Gasteiger partial charge is 0.0640 e. The quantitative estimate of drug-likeness (QED) is 0.772. The fourth-order valence-electron chi connectivity index (χ4n) is 3.91. The molecule has 2 atom stereocenters. The van der Waals surface area contributed by atoms with Crippen LogP contribution in [-0.2, 0) is 6.42 Å². The molecule has 0 aromatic carbocycles. The molecule has 2 rings (SSSR count). The number of rotatable bonds is 8. The molecule has 21 heavy (non-hydrogen) atoms. The van der Waals surface area contributed by atoms with E-state index < -0.39 is 0 Å². The lowest BCUT2D eigenvalue weighted by Gasteiger charge is -2.37. The van der Waals surface area contributed by atoms with E-state index in [0.29, 0.717) is 17.5 Å². The Kier molecular flexibility index (Phi) is 5.86. The van der Waals surface area contributed by atoms with Crippen LogP contribution >= 0.6 is 0 Å². The molecule has 0 saturated heterocycles. The lowest BCUT2D eigenvalue weighted by atomic mass is 9.74. The number of hydrogen-bond donors (Lipinski definition) is 1. The van der Waals surface area contributed by atoms with Gasteiger partial charge in [-0.1, -0.05) is 33.6 Å². The van der Waals surface area contributed by atoms with E-state index >= 15 is 0 Å². The van der Waals surface area contributed by atoms with E-state index in [1.165, 1.54) is 37.8 Å². The average molecular weight is 291 g/mol. The molecule has 1 aromatic rings. The third kappa shape index (κ3) is 3.68. The lowest BCUT2D eigenvalue weighted by molar-refractivity contribution is 0.185. The normalized spacial score (nSPS) is 20.6. The molecule has 0 spiro atoms. The first-order valence-electron chi connectivity index (χ1n) is 8.92. The summed E-state index contributed by atoms with van der Waals surface area (Å²) in [6.45, 7) is 10.1. The highest BCUT2D eigenvalue weighted by atomic mass is 15.3. The maximum absolute atomic E-state index is 4.82. The monoisotopic (exact) mass is 291 g/mol. The first kappa shape index (κ1) is 16.5. The second-order valence-corrected chi connectivity index (χ2v) is 6.78. The van der Waals surface area contributed by atoms with Gasteiger partial charge in [-0.15, -0.1) is 0 Å². The Hall–Kier alpha value is -0.830. The van der Waals surface area contributed by atoms with Crippen molar-refractivity contribution in [2.24, 2.45) is 5.41 Å². The molecule has 0 bridgehead atoms. The SMILES string of the molecule is CCNC(Cc1ccn(C(C)CC)n1)C1(CC)CCCC1. The summed E-state index contributed by atoms with van der Waals surface area (Å²) < 4.78 is 2.13. The van der Waals surface area contributed by atoms with E-state index in [4.69, 9.17) is 5.10 Å². The molecule has 0 aliphatic heterocycles. The van der Waals surface area contributed by atoms with Gasteiger partial charge in [-0.25, -0.2) is 0 Å². The van der Waals surface area contributed by atoms with Crippen molar-refractivity contribution >= 4 is 0 Å². The number of likely N-dealkylation sites (N-methyl/N-ethyl adjacent to an activating group) is 1. The summed E-state index contributed by atoms with van der Waals surface area (Å²) in [6, 6.07) is 3.30. The Bertz CT molecular complexity index is 418. The molecule has 1 saturated carbocycles. The number of aromatic nitrogens is 2. The van der Waals surface area contributed by atoms with E-state index in [1.54, 1.807) is 0 Å². The Morgan fingerprint density at radius 3 is 2.57 bits per heavy atom. The van der Waals surface area contributed by atoms with E-state index in [-0.39, 0.29) is 0 Å². The Morgan fingerprint density at radius 1 is 1.29 bits per heavy atom. The number of hydrogen-bond acceptors (Lipinski definition) is 2. The minimum absolute atomic E-state index is 0.496. The highest BCUT2D eigenvalue weighted by molar-refractivity contribution is 5.06. The van der Waals surface area contributed by atoms with Gasteiger partial charge in [-0.05, 0) is 50.6 Å². The van der Waals surface area contributed by atoms with Gasteiger partial charge in [0.1, 0.15) is 0 Å². The van der Waals surface area contributed by atoms with Crippen molar-refractivity contribution in [2.75, 3.05) is 6.54 Å². The van der Waals surface area contributed by atoms with Crippen LogP contribution in [0.4, 0.5) is 0 Å². The van der Waals surface area contributed by atoms with Gasteiger partial charge in [0.05, 0.1) is 5.69 Å². The third-order valence-electron chi connectivity index (χ3n) is 5.61. The zero-order valence-electron chi connectivity index (χ0n) is 14.4. The van der Waals surface area contributed by atoms with Crippen molar-refractivity contribution in [3.8, 4) is 0 Å². The van der Waals surface area contributed by atoms with Crippen LogP contribution in [-0.4, -0.2) is 22.4 Å². The van der Waals surface area contributed by atoms with Gasteiger partial charge in [0.15, 0.2) is 0 Å². The van der Waals surface area contributed by atoms with Crippen LogP contribution in [0.1, 0.15) is 78.0 Å². The fraction of sp³-hybridized carbons (Fsp3) is 0.833. The van der Waals surface area contributed by atoms with Gasteiger partial charge >= 0.3 is 0 Å². The van der Waals surface area contributed by atoms with Crippen LogP contribution in [0.2, 0.25) is 0 Å². The lowest BCUT2D eigenvalue weighted by Crippen LogP contribution is -2.45. The van der Waals surface area contributed by atoms with Crippen LogP contribution in [0.25, 0.3) is 0 Å². The topological polar surface area (TPSA) is 29.9 Å². The molecule has 1 N–H and O–H groups in total. The number of nitrogens with zero attached hydrogens (tertiary/aromatic N) is 2. The number of nitrogens with one attached hydrogen (secondary N) is 1. The Balaban J connectivity index is 2.10. The molecule has 2 unspecified atom stereocenters. The summed E-state index contributed by atoms with van der Waals surface area (Å²) in [5.74, 6) is 0. The molecule has 0 radical (unpaired) electrons. The van der Waals surface area contributed by atoms with Gasteiger partial charge in [-0.2, -0.15) is 5.10 Å². The van der Waals surface area contributed by atoms with Crippen molar-refractivity contribution in [3.63, 3.8) is 0 Å². The van der Waals surface area contributed by atoms with Crippen LogP contribution in [0, 0.1) is 5.41 Å². The van der Waals surface area contributed by atoms with E-state index in [0.717, 1.165) is 19.4 Å². The summed E-state index contributed by atoms with van der Waals surface area (Å²) >= 11 is 0. The second kappa shape index (κ2) is 7.44. The summed E-state index contributed by atoms with van der Waals surface area (Å²) in [6.07, 6.45) is 11.2. The van der Waals surface area contributed by atoms with Crippen molar-refractivity contribution < 1.29 is 0 Å². The molecule has 1 aliphatic carbocycles. The molecule has 0 amide bonds. The van der Waals surface area contributed by atoms with E-state index in [9.17, 15) is 0 Å². The van der Waals surface area contributed by atoms with Gasteiger partial charge in [0.2, 0.25) is 0 Å². The predicted octanol–water partition coefficient (Wildman–Crippen LogP) is 4.35. The van der Waals surface area contributed by atoms with Crippen molar-refractivity contribution in [2.45, 2.75) is 84.7 Å². The van der Waals surface area contributed by atoms with Gasteiger partial charge in [0, 0.05) is 24.7 Å². The molecule has 1 aliphatic rings. The molecule has 1 heterocycles. The van der Waals surface area contributed by atoms with Crippen LogP contribution in [0.15, 0.2) is 12.3 Å². The second-order valence-electron chi connectivity index (χ2n) is 6.78. The van der Waals surface area contributed by atoms with Gasteiger partial charge < -0.3 is 5.32 Å². The summed E-state index contributed by atoms with van der Waals surface area (Å²) in [4.78, 5) is 0. The van der Waals surface area contributed by atoms with Crippen molar-refractivity contribution in [1.29, 1.82) is 0 Å². The van der Waals surface area contributed by atoms with E-state index in [2.05, 4.69) is 50.0 Å². The highest BCUT2D eigenvalue weighted by Gasteiger charge is 2.39. The maximum Gasteiger partial charge on any atom is 0.0640 e. The first-order chi connectivity index (χ1) is 10.1. The van der Waals surface area contributed by atoms with Crippen molar-refractivity contribution in [1.82, 2.24) is 15.1 Å². The van der Waals surface area contributed by atoms with Crippen LogP contribution in [0.3, 0.4) is 0 Å². The van der Waals surface area contributed by atoms with E-state index in [1.807, 2.05) is 0 Å². The summed E-state index contributed by atoms with van der Waals surface area (Å²) in [5, 5.41) is 8.58. The molecule has 3 heteroatoms. The minimum atomic E-state index is 0.496. The first-order valence-corrected chi connectivity index (χ1v) is 8.92. The molecular formula is C18H33N3. The summed E-state index contributed by atoms with van der Waals surface area (Å²) in [5.41, 5.74) is 1.75. The molecule has 1 fully saturated rings. The standard InChI is InChI=1S/C18H33N3/c1-5-15(4)21-13-10-16(20-21)14-17(19-7-3)18(6-2)11-8-9-12-18/h10,13,15,17,19H,5-9,11-12,14H2,1-4H3. The highest BCUT2D eigenvalue weighted by Crippen LogP contribution is 2.44. The predicted molar refractivity (Wildman–Crippen MR) is 89.6 cm³/mol. The summed E-state index contributed by atoms with van der Waals surface area (Å²) in [7, 11) is 0. The molecule has 120 valence electrons. The average Bonchev–Trinajstić information content (AvgIpc) is 3.15. The fourth-order valence-corrected chi connectivity index (χ4v) is 3.91.